The molecule has 0 aliphatic heterocycles. The van der Waals surface area contributed by atoms with Crippen LogP contribution in [0.25, 0.3) is 11.0 Å². The van der Waals surface area contributed by atoms with Crippen LogP contribution < -0.4 is 15.6 Å². The van der Waals surface area contributed by atoms with E-state index in [-0.39, 0.29) is 11.5 Å². The van der Waals surface area contributed by atoms with Crippen LogP contribution in [0, 0.1) is 6.92 Å². The molecule has 0 atom stereocenters. The number of carbonyl (C=O) groups is 1. The number of fused-ring (bicyclic) bond motifs is 1. The molecule has 1 heterocycles. The lowest BCUT2D eigenvalue weighted by molar-refractivity contribution is 0.0954. The molecule has 0 bridgehead atoms. The lowest BCUT2D eigenvalue weighted by atomic mass is 10.1. The molecule has 0 aliphatic carbocycles. The minimum absolute atomic E-state index is 0.0949. The Balaban J connectivity index is 1.68. The Labute approximate surface area is 164 Å². The maximum absolute atomic E-state index is 12.5. The van der Waals surface area contributed by atoms with Crippen molar-refractivity contribution in [1.29, 1.82) is 0 Å². The standard InChI is InChI=1S/C22H25N3O3/c1-4-25-20-11-8-17(14-19(20)24-15(3)22(25)27)21(26)23-13-12-16-6-9-18(10-7-16)28-5-2/h6-11,14H,4-5,12-13H2,1-3H3,(H,23,26). The Morgan fingerprint density at radius 1 is 1.14 bits per heavy atom. The zero-order valence-corrected chi connectivity index (χ0v) is 16.5. The molecule has 0 unspecified atom stereocenters. The van der Waals surface area contributed by atoms with Gasteiger partial charge < -0.3 is 14.6 Å². The van der Waals surface area contributed by atoms with Gasteiger partial charge in [-0.2, -0.15) is 0 Å². The van der Waals surface area contributed by atoms with Gasteiger partial charge in [0.2, 0.25) is 0 Å². The minimum Gasteiger partial charge on any atom is -0.494 e. The number of aryl methyl sites for hydroxylation is 2. The van der Waals surface area contributed by atoms with E-state index in [9.17, 15) is 9.59 Å². The number of nitrogens with one attached hydrogen (secondary N) is 1. The van der Waals surface area contributed by atoms with Crippen molar-refractivity contribution < 1.29 is 9.53 Å². The van der Waals surface area contributed by atoms with Crippen molar-refractivity contribution in [3.05, 3.63) is 69.6 Å². The number of aromatic nitrogens is 2. The average Bonchev–Trinajstić information content (AvgIpc) is 2.70. The van der Waals surface area contributed by atoms with E-state index >= 15 is 0 Å². The fourth-order valence-electron chi connectivity index (χ4n) is 3.17. The van der Waals surface area contributed by atoms with Crippen molar-refractivity contribution in [2.75, 3.05) is 13.2 Å². The van der Waals surface area contributed by atoms with Gasteiger partial charge >= 0.3 is 0 Å². The lowest BCUT2D eigenvalue weighted by Gasteiger charge is -2.10. The first kappa shape index (κ1) is 19.6. The van der Waals surface area contributed by atoms with Crippen LogP contribution in [0.15, 0.2) is 47.3 Å². The number of hydrogen-bond acceptors (Lipinski definition) is 4. The van der Waals surface area contributed by atoms with Gasteiger partial charge in [-0.25, -0.2) is 4.98 Å². The topological polar surface area (TPSA) is 73.2 Å². The summed E-state index contributed by atoms with van der Waals surface area (Å²) in [6.45, 7) is 7.30. The lowest BCUT2D eigenvalue weighted by Crippen LogP contribution is -2.26. The predicted octanol–water partition coefficient (Wildman–Crippen LogP) is 3.10. The Morgan fingerprint density at radius 2 is 1.89 bits per heavy atom. The molecular weight excluding hydrogens is 354 g/mol. The molecule has 1 amide bonds. The monoisotopic (exact) mass is 379 g/mol. The number of hydrogen-bond donors (Lipinski definition) is 1. The third-order valence-electron chi connectivity index (χ3n) is 4.62. The molecule has 0 radical (unpaired) electrons. The van der Waals surface area contributed by atoms with Crippen molar-refractivity contribution in [2.24, 2.45) is 0 Å². The van der Waals surface area contributed by atoms with Gasteiger partial charge in [-0.3, -0.25) is 9.59 Å². The number of carbonyl (C=O) groups excluding carboxylic acids is 1. The fraction of sp³-hybridized carbons (Fsp3) is 0.318. The maximum Gasteiger partial charge on any atom is 0.272 e. The third-order valence-corrected chi connectivity index (χ3v) is 4.62. The second-order valence-corrected chi connectivity index (χ2v) is 6.53. The number of benzene rings is 2. The molecule has 1 aromatic heterocycles. The van der Waals surface area contributed by atoms with Gasteiger partial charge in [-0.15, -0.1) is 0 Å². The van der Waals surface area contributed by atoms with Crippen LogP contribution in [0.5, 0.6) is 5.75 Å². The highest BCUT2D eigenvalue weighted by molar-refractivity contribution is 5.97. The Morgan fingerprint density at radius 3 is 2.57 bits per heavy atom. The van der Waals surface area contributed by atoms with Crippen LogP contribution >= 0.6 is 0 Å². The Kier molecular flexibility index (Phi) is 6.09. The molecule has 0 saturated heterocycles. The average molecular weight is 379 g/mol. The summed E-state index contributed by atoms with van der Waals surface area (Å²) in [5.41, 5.74) is 3.39. The number of rotatable bonds is 7. The van der Waals surface area contributed by atoms with Gasteiger partial charge in [0.15, 0.2) is 0 Å². The van der Waals surface area contributed by atoms with Crippen LogP contribution in [0.1, 0.15) is 35.5 Å². The van der Waals surface area contributed by atoms with E-state index in [1.165, 1.54) is 0 Å². The van der Waals surface area contributed by atoms with Crippen molar-refractivity contribution in [1.82, 2.24) is 14.9 Å². The Hall–Kier alpha value is -3.15. The first-order valence-corrected chi connectivity index (χ1v) is 9.54. The number of ether oxygens (including phenoxy) is 1. The smallest absolute Gasteiger partial charge is 0.272 e. The summed E-state index contributed by atoms with van der Waals surface area (Å²) >= 11 is 0. The van der Waals surface area contributed by atoms with Gasteiger partial charge in [-0.1, -0.05) is 12.1 Å². The summed E-state index contributed by atoms with van der Waals surface area (Å²) in [7, 11) is 0. The van der Waals surface area contributed by atoms with Gasteiger partial charge in [0.1, 0.15) is 11.4 Å². The van der Waals surface area contributed by atoms with E-state index in [0.717, 1.165) is 23.3 Å². The maximum atomic E-state index is 12.5. The largest absolute Gasteiger partial charge is 0.494 e. The second-order valence-electron chi connectivity index (χ2n) is 6.53. The summed E-state index contributed by atoms with van der Waals surface area (Å²) in [4.78, 5) is 29.0. The summed E-state index contributed by atoms with van der Waals surface area (Å²) in [6, 6.07) is 13.1. The Bertz CT molecular complexity index is 1040. The highest BCUT2D eigenvalue weighted by atomic mass is 16.5. The van der Waals surface area contributed by atoms with Crippen LogP contribution in [0.3, 0.4) is 0 Å². The van der Waals surface area contributed by atoms with Crippen molar-refractivity contribution >= 4 is 16.9 Å². The van der Waals surface area contributed by atoms with Crippen LogP contribution in [0.4, 0.5) is 0 Å². The third kappa shape index (κ3) is 4.22. The SMILES string of the molecule is CCOc1ccc(CCNC(=O)c2ccc3c(c2)nc(C)c(=O)n3CC)cc1. The van der Waals surface area contributed by atoms with E-state index in [1.54, 1.807) is 29.7 Å². The van der Waals surface area contributed by atoms with E-state index < -0.39 is 0 Å². The molecule has 0 spiro atoms. The fourth-order valence-corrected chi connectivity index (χ4v) is 3.17. The quantitative estimate of drug-likeness (QED) is 0.685. The molecule has 6 heteroatoms. The van der Waals surface area contributed by atoms with Crippen molar-refractivity contribution in [3.63, 3.8) is 0 Å². The van der Waals surface area contributed by atoms with Crippen molar-refractivity contribution in [2.45, 2.75) is 33.7 Å². The van der Waals surface area contributed by atoms with E-state index in [1.807, 2.05) is 38.1 Å². The molecule has 0 aliphatic rings. The number of amides is 1. The zero-order chi connectivity index (χ0) is 20.1. The second kappa shape index (κ2) is 8.69. The molecule has 28 heavy (non-hydrogen) atoms. The van der Waals surface area contributed by atoms with Gasteiger partial charge in [0.05, 0.1) is 17.6 Å². The molecule has 0 fully saturated rings. The first-order chi connectivity index (χ1) is 13.5. The van der Waals surface area contributed by atoms with Gasteiger partial charge in [0, 0.05) is 18.7 Å². The highest BCUT2D eigenvalue weighted by Gasteiger charge is 2.11. The minimum atomic E-state index is -0.151. The summed E-state index contributed by atoms with van der Waals surface area (Å²) < 4.78 is 7.10. The predicted molar refractivity (Wildman–Crippen MR) is 110 cm³/mol. The summed E-state index contributed by atoms with van der Waals surface area (Å²) in [5, 5.41) is 2.94. The van der Waals surface area contributed by atoms with Gasteiger partial charge in [0.25, 0.3) is 11.5 Å². The van der Waals surface area contributed by atoms with Crippen LogP contribution in [-0.4, -0.2) is 28.6 Å². The van der Waals surface area contributed by atoms with Crippen molar-refractivity contribution in [3.8, 4) is 5.75 Å². The molecule has 3 rings (SSSR count). The molecule has 3 aromatic rings. The molecular formula is C22H25N3O3. The zero-order valence-electron chi connectivity index (χ0n) is 16.5. The normalized spacial score (nSPS) is 10.8. The molecule has 6 nitrogen and oxygen atoms in total. The van der Waals surface area contributed by atoms with Crippen LogP contribution in [0.2, 0.25) is 0 Å². The van der Waals surface area contributed by atoms with Crippen LogP contribution in [-0.2, 0) is 13.0 Å². The molecule has 0 saturated carbocycles. The molecule has 146 valence electrons. The summed E-state index contributed by atoms with van der Waals surface area (Å²) in [5.74, 6) is 0.696. The first-order valence-electron chi connectivity index (χ1n) is 9.54. The molecule has 2 aromatic carbocycles. The van der Waals surface area contributed by atoms with Gasteiger partial charge in [-0.05, 0) is 63.1 Å². The number of nitrogens with zero attached hydrogens (tertiary/aromatic N) is 2. The van der Waals surface area contributed by atoms with E-state index in [2.05, 4.69) is 10.3 Å². The highest BCUT2D eigenvalue weighted by Crippen LogP contribution is 2.14. The van der Waals surface area contributed by atoms with E-state index in [0.29, 0.717) is 36.5 Å². The molecule has 1 N–H and O–H groups in total. The van der Waals surface area contributed by atoms with E-state index in [4.69, 9.17) is 4.74 Å². The summed E-state index contributed by atoms with van der Waals surface area (Å²) in [6.07, 6.45) is 0.735.